The van der Waals surface area contributed by atoms with E-state index < -0.39 is 21.7 Å². The molecule has 2 aliphatic rings. The summed E-state index contributed by atoms with van der Waals surface area (Å²) in [5.41, 5.74) is 0. The molecular weight excluding hydrogens is 242 g/mol. The van der Waals surface area contributed by atoms with Crippen molar-refractivity contribution < 1.29 is 18.3 Å². The number of aliphatic carboxylic acids is 1. The Bertz CT molecular complexity index is 390. The molecule has 2 atom stereocenters. The lowest BCUT2D eigenvalue weighted by Gasteiger charge is -2.42. The van der Waals surface area contributed by atoms with Crippen molar-refractivity contribution in [2.24, 2.45) is 5.92 Å². The van der Waals surface area contributed by atoms with Crippen LogP contribution in [-0.4, -0.2) is 42.1 Å². The van der Waals surface area contributed by atoms with Crippen molar-refractivity contribution >= 4 is 16.0 Å². The molecule has 0 aromatic heterocycles. The molecule has 0 radical (unpaired) electrons. The highest BCUT2D eigenvalue weighted by molar-refractivity contribution is 7.89. The summed E-state index contributed by atoms with van der Waals surface area (Å²) in [6.45, 7) is 0.497. The van der Waals surface area contributed by atoms with Gasteiger partial charge in [-0.2, -0.15) is 4.31 Å². The van der Waals surface area contributed by atoms with Gasteiger partial charge in [-0.1, -0.05) is 12.8 Å². The zero-order valence-corrected chi connectivity index (χ0v) is 10.7. The molecule has 98 valence electrons. The van der Waals surface area contributed by atoms with E-state index in [2.05, 4.69) is 0 Å². The molecule has 1 N–H and O–H groups in total. The lowest BCUT2D eigenvalue weighted by atomic mass is 9.79. The Balaban J connectivity index is 2.15. The lowest BCUT2D eigenvalue weighted by Crippen LogP contribution is -2.50. The van der Waals surface area contributed by atoms with Gasteiger partial charge in [0.1, 0.15) is 0 Å². The van der Waals surface area contributed by atoms with E-state index >= 15 is 0 Å². The number of rotatable bonds is 3. The van der Waals surface area contributed by atoms with E-state index in [1.807, 2.05) is 0 Å². The molecule has 1 heterocycles. The smallest absolute Gasteiger partial charge is 0.320 e. The molecule has 2 fully saturated rings. The third-order valence-electron chi connectivity index (χ3n) is 3.86. The van der Waals surface area contributed by atoms with Crippen LogP contribution in [-0.2, 0) is 14.8 Å². The average Bonchev–Trinajstić information content (AvgIpc) is 2.26. The Kier molecular flexibility index (Phi) is 3.73. The molecule has 1 aliphatic carbocycles. The first kappa shape index (κ1) is 12.8. The van der Waals surface area contributed by atoms with Crippen LogP contribution in [0, 0.1) is 5.92 Å². The van der Waals surface area contributed by atoms with Crippen molar-refractivity contribution in [1.29, 1.82) is 0 Å². The van der Waals surface area contributed by atoms with Gasteiger partial charge in [-0.25, -0.2) is 8.42 Å². The van der Waals surface area contributed by atoms with E-state index in [1.165, 1.54) is 10.7 Å². The number of carboxylic acids is 1. The highest BCUT2D eigenvalue weighted by Gasteiger charge is 2.39. The number of carbonyl (C=O) groups is 1. The van der Waals surface area contributed by atoms with Crippen LogP contribution in [0.1, 0.15) is 38.5 Å². The predicted molar refractivity (Wildman–Crippen MR) is 63.1 cm³/mol. The molecule has 0 spiro atoms. The minimum atomic E-state index is -3.62. The maximum Gasteiger partial charge on any atom is 0.320 e. The van der Waals surface area contributed by atoms with Crippen molar-refractivity contribution in [3.05, 3.63) is 0 Å². The molecule has 6 heteroatoms. The number of nitrogens with zero attached hydrogens (tertiary/aromatic N) is 1. The van der Waals surface area contributed by atoms with Crippen molar-refractivity contribution in [1.82, 2.24) is 4.31 Å². The summed E-state index contributed by atoms with van der Waals surface area (Å²) in [7, 11) is -3.62. The van der Waals surface area contributed by atoms with Gasteiger partial charge in [0.2, 0.25) is 10.0 Å². The van der Waals surface area contributed by atoms with E-state index in [0.717, 1.165) is 32.1 Å². The molecule has 1 saturated carbocycles. The third-order valence-corrected chi connectivity index (χ3v) is 5.64. The van der Waals surface area contributed by atoms with Gasteiger partial charge < -0.3 is 5.11 Å². The van der Waals surface area contributed by atoms with Crippen LogP contribution in [0.5, 0.6) is 0 Å². The van der Waals surface area contributed by atoms with Crippen molar-refractivity contribution in [2.45, 2.75) is 44.6 Å². The number of fused-ring (bicyclic) bond motifs is 1. The maximum atomic E-state index is 12.0. The van der Waals surface area contributed by atoms with Crippen molar-refractivity contribution in [2.75, 3.05) is 12.3 Å². The second-order valence-corrected chi connectivity index (χ2v) is 6.94. The normalized spacial score (nSPS) is 30.8. The van der Waals surface area contributed by atoms with Crippen LogP contribution in [0.25, 0.3) is 0 Å². The van der Waals surface area contributed by atoms with Crippen LogP contribution in [0.3, 0.4) is 0 Å². The van der Waals surface area contributed by atoms with Gasteiger partial charge in [0.25, 0.3) is 0 Å². The van der Waals surface area contributed by atoms with Crippen LogP contribution in [0.15, 0.2) is 0 Å². The van der Waals surface area contributed by atoms with E-state index in [1.54, 1.807) is 0 Å². The summed E-state index contributed by atoms with van der Waals surface area (Å²) < 4.78 is 25.5. The van der Waals surface area contributed by atoms with Gasteiger partial charge in [-0.15, -0.1) is 0 Å². The first-order chi connectivity index (χ1) is 8.00. The summed E-state index contributed by atoms with van der Waals surface area (Å²) >= 11 is 0. The predicted octanol–water partition coefficient (Wildman–Crippen LogP) is 1.06. The van der Waals surface area contributed by atoms with E-state index in [9.17, 15) is 13.2 Å². The zero-order chi connectivity index (χ0) is 12.5. The fourth-order valence-corrected chi connectivity index (χ4v) is 4.74. The molecule has 0 unspecified atom stereocenters. The first-order valence-corrected chi connectivity index (χ1v) is 7.83. The topological polar surface area (TPSA) is 74.7 Å². The van der Waals surface area contributed by atoms with Crippen molar-refractivity contribution in [3.8, 4) is 0 Å². The fraction of sp³-hybridized carbons (Fsp3) is 0.909. The molecule has 17 heavy (non-hydrogen) atoms. The monoisotopic (exact) mass is 261 g/mol. The van der Waals surface area contributed by atoms with Crippen LogP contribution in [0.4, 0.5) is 0 Å². The minimum Gasteiger partial charge on any atom is -0.480 e. The Hall–Kier alpha value is -0.620. The zero-order valence-electron chi connectivity index (χ0n) is 9.84. The number of sulfonamides is 1. The van der Waals surface area contributed by atoms with Gasteiger partial charge in [-0.05, 0) is 31.6 Å². The van der Waals surface area contributed by atoms with E-state index in [-0.39, 0.29) is 6.04 Å². The van der Waals surface area contributed by atoms with Crippen LogP contribution in [0.2, 0.25) is 0 Å². The Morgan fingerprint density at radius 3 is 2.53 bits per heavy atom. The fourth-order valence-electron chi connectivity index (χ4n) is 3.16. The van der Waals surface area contributed by atoms with Gasteiger partial charge in [0, 0.05) is 12.6 Å². The summed E-state index contributed by atoms with van der Waals surface area (Å²) in [5, 5.41) is 8.67. The molecule has 0 amide bonds. The van der Waals surface area contributed by atoms with E-state index in [0.29, 0.717) is 12.5 Å². The van der Waals surface area contributed by atoms with Crippen LogP contribution >= 0.6 is 0 Å². The Morgan fingerprint density at radius 1 is 1.18 bits per heavy atom. The quantitative estimate of drug-likeness (QED) is 0.824. The summed E-state index contributed by atoms with van der Waals surface area (Å²) in [5.74, 6) is -1.58. The second-order valence-electron chi connectivity index (χ2n) is 5.01. The molecule has 0 aromatic rings. The molecule has 1 saturated heterocycles. The van der Waals surface area contributed by atoms with Gasteiger partial charge in [-0.3, -0.25) is 4.79 Å². The lowest BCUT2D eigenvalue weighted by molar-refractivity contribution is -0.134. The van der Waals surface area contributed by atoms with Gasteiger partial charge in [0.05, 0.1) is 0 Å². The number of piperidine rings is 1. The standard InChI is InChI=1S/C11H19NO4S/c13-11(14)8-17(15,16)12-7-3-5-9-4-1-2-6-10(9)12/h9-10H,1-8H2,(H,13,14)/t9-,10-/m1/s1. The minimum absolute atomic E-state index is 0.0573. The van der Waals surface area contributed by atoms with Crippen LogP contribution < -0.4 is 0 Å². The second kappa shape index (κ2) is 4.94. The van der Waals surface area contributed by atoms with E-state index in [4.69, 9.17) is 5.11 Å². The van der Waals surface area contributed by atoms with Gasteiger partial charge >= 0.3 is 5.97 Å². The number of carboxylic acid groups (broad SMARTS) is 1. The summed E-state index contributed by atoms with van der Waals surface area (Å²) in [4.78, 5) is 10.6. The van der Waals surface area contributed by atoms with Gasteiger partial charge in [0.15, 0.2) is 5.75 Å². The average molecular weight is 261 g/mol. The Labute approximate surface area is 102 Å². The Morgan fingerprint density at radius 2 is 1.82 bits per heavy atom. The number of hydrogen-bond acceptors (Lipinski definition) is 3. The molecule has 0 bridgehead atoms. The molecular formula is C11H19NO4S. The molecule has 0 aromatic carbocycles. The molecule has 2 rings (SSSR count). The molecule has 1 aliphatic heterocycles. The van der Waals surface area contributed by atoms with Crippen molar-refractivity contribution in [3.63, 3.8) is 0 Å². The maximum absolute atomic E-state index is 12.0. The summed E-state index contributed by atoms with van der Waals surface area (Å²) in [6.07, 6.45) is 6.16. The highest BCUT2D eigenvalue weighted by atomic mass is 32.2. The summed E-state index contributed by atoms with van der Waals surface area (Å²) in [6, 6.07) is 0.0573. The SMILES string of the molecule is O=C(O)CS(=O)(=O)N1CCC[C@H]2CCCC[C@H]21. The largest absolute Gasteiger partial charge is 0.480 e. The third kappa shape index (κ3) is 2.80. The highest BCUT2D eigenvalue weighted by Crippen LogP contribution is 2.36. The number of hydrogen-bond donors (Lipinski definition) is 1. The first-order valence-electron chi connectivity index (χ1n) is 6.22. The molecule has 5 nitrogen and oxygen atoms in total.